The van der Waals surface area contributed by atoms with E-state index < -0.39 is 17.7 Å². The van der Waals surface area contributed by atoms with Crippen LogP contribution in [0.25, 0.3) is 0 Å². The van der Waals surface area contributed by atoms with Crippen molar-refractivity contribution >= 4 is 17.7 Å². The van der Waals surface area contributed by atoms with E-state index in [2.05, 4.69) is 4.98 Å². The normalized spacial score (nSPS) is 10.1. The standard InChI is InChI=1S/C16H15NO5/c1-9-7-8-17-15(9)16(20)14-12(21-10(2)18)5-4-6-13(14)22-11(3)19/h4-8,17H,1-3H3. The first-order valence-electron chi connectivity index (χ1n) is 6.58. The van der Waals surface area contributed by atoms with Crippen molar-refractivity contribution in [3.8, 4) is 11.5 Å². The van der Waals surface area contributed by atoms with Gasteiger partial charge in [-0.05, 0) is 30.7 Å². The Hall–Kier alpha value is -2.89. The fourth-order valence-corrected chi connectivity index (χ4v) is 2.03. The number of hydrogen-bond acceptors (Lipinski definition) is 5. The summed E-state index contributed by atoms with van der Waals surface area (Å²) in [6.07, 6.45) is 1.63. The van der Waals surface area contributed by atoms with Gasteiger partial charge < -0.3 is 14.5 Å². The summed E-state index contributed by atoms with van der Waals surface area (Å²) in [5, 5.41) is 0. The van der Waals surface area contributed by atoms with E-state index in [9.17, 15) is 14.4 Å². The van der Waals surface area contributed by atoms with Crippen LogP contribution in [0, 0.1) is 6.92 Å². The van der Waals surface area contributed by atoms with Crippen molar-refractivity contribution in [3.63, 3.8) is 0 Å². The SMILES string of the molecule is CC(=O)Oc1cccc(OC(C)=O)c1C(=O)c1[nH]ccc1C. The lowest BCUT2D eigenvalue weighted by atomic mass is 10.0. The number of ether oxygens (including phenoxy) is 2. The van der Waals surface area contributed by atoms with Crippen LogP contribution in [0.5, 0.6) is 11.5 Å². The molecule has 1 aromatic heterocycles. The van der Waals surface area contributed by atoms with Crippen molar-refractivity contribution in [1.82, 2.24) is 4.98 Å². The molecule has 0 aliphatic rings. The van der Waals surface area contributed by atoms with E-state index in [0.29, 0.717) is 5.69 Å². The van der Waals surface area contributed by atoms with E-state index >= 15 is 0 Å². The highest BCUT2D eigenvalue weighted by Crippen LogP contribution is 2.31. The van der Waals surface area contributed by atoms with Gasteiger partial charge in [0.05, 0.1) is 5.69 Å². The van der Waals surface area contributed by atoms with Crippen molar-refractivity contribution < 1.29 is 23.9 Å². The molecule has 0 atom stereocenters. The number of ketones is 1. The Morgan fingerprint density at radius 3 is 1.91 bits per heavy atom. The molecule has 6 nitrogen and oxygen atoms in total. The molecule has 0 bridgehead atoms. The van der Waals surface area contributed by atoms with Crippen LogP contribution < -0.4 is 9.47 Å². The van der Waals surface area contributed by atoms with Crippen molar-refractivity contribution in [1.29, 1.82) is 0 Å². The average molecular weight is 301 g/mol. The summed E-state index contributed by atoms with van der Waals surface area (Å²) in [5.41, 5.74) is 1.10. The van der Waals surface area contributed by atoms with Gasteiger partial charge in [-0.15, -0.1) is 0 Å². The minimum absolute atomic E-state index is 0.0263. The van der Waals surface area contributed by atoms with Gasteiger partial charge in [-0.25, -0.2) is 0 Å². The quantitative estimate of drug-likeness (QED) is 0.532. The highest BCUT2D eigenvalue weighted by molar-refractivity contribution is 6.12. The highest BCUT2D eigenvalue weighted by atomic mass is 16.5. The zero-order valence-corrected chi connectivity index (χ0v) is 12.4. The number of rotatable bonds is 4. The number of aromatic amines is 1. The Morgan fingerprint density at radius 2 is 1.50 bits per heavy atom. The number of H-pyrrole nitrogens is 1. The summed E-state index contributed by atoms with van der Waals surface area (Å²) in [6, 6.07) is 6.22. The molecule has 0 aliphatic carbocycles. The number of carbonyl (C=O) groups excluding carboxylic acids is 3. The maximum atomic E-state index is 12.7. The Bertz CT molecular complexity index is 710. The predicted octanol–water partition coefficient (Wildman–Crippen LogP) is 2.40. The molecule has 0 radical (unpaired) electrons. The Balaban J connectivity index is 2.58. The van der Waals surface area contributed by atoms with Gasteiger partial charge in [-0.2, -0.15) is 0 Å². The van der Waals surface area contributed by atoms with Crippen LogP contribution in [0.1, 0.15) is 35.5 Å². The minimum atomic E-state index is -0.572. The molecule has 22 heavy (non-hydrogen) atoms. The highest BCUT2D eigenvalue weighted by Gasteiger charge is 2.24. The van der Waals surface area contributed by atoms with Gasteiger partial charge in [-0.3, -0.25) is 14.4 Å². The van der Waals surface area contributed by atoms with Crippen LogP contribution >= 0.6 is 0 Å². The van der Waals surface area contributed by atoms with Crippen molar-refractivity contribution in [3.05, 3.63) is 47.3 Å². The van der Waals surface area contributed by atoms with Gasteiger partial charge in [-0.1, -0.05) is 6.07 Å². The van der Waals surface area contributed by atoms with Crippen molar-refractivity contribution in [2.45, 2.75) is 20.8 Å². The molecule has 0 saturated carbocycles. The second-order valence-electron chi connectivity index (χ2n) is 4.68. The van der Waals surface area contributed by atoms with Gasteiger partial charge >= 0.3 is 11.9 Å². The number of hydrogen-bond donors (Lipinski definition) is 1. The zero-order chi connectivity index (χ0) is 16.3. The number of esters is 2. The third-order valence-corrected chi connectivity index (χ3v) is 2.90. The van der Waals surface area contributed by atoms with Gasteiger partial charge in [0.2, 0.25) is 5.78 Å². The van der Waals surface area contributed by atoms with Gasteiger partial charge in [0.1, 0.15) is 17.1 Å². The first-order chi connectivity index (χ1) is 10.4. The van der Waals surface area contributed by atoms with Crippen LogP contribution in [0.2, 0.25) is 0 Å². The van der Waals surface area contributed by atoms with E-state index in [0.717, 1.165) is 5.56 Å². The molecule has 0 fully saturated rings. The maximum Gasteiger partial charge on any atom is 0.308 e. The maximum absolute atomic E-state index is 12.7. The van der Waals surface area contributed by atoms with Gasteiger partial charge in [0.25, 0.3) is 0 Å². The van der Waals surface area contributed by atoms with Gasteiger partial charge in [0, 0.05) is 20.0 Å². The minimum Gasteiger partial charge on any atom is -0.426 e. The molecule has 1 N–H and O–H groups in total. The monoisotopic (exact) mass is 301 g/mol. The number of carbonyl (C=O) groups is 3. The fourth-order valence-electron chi connectivity index (χ4n) is 2.03. The zero-order valence-electron chi connectivity index (χ0n) is 12.4. The topological polar surface area (TPSA) is 85.5 Å². The first-order valence-corrected chi connectivity index (χ1v) is 6.58. The lowest BCUT2D eigenvalue weighted by Gasteiger charge is -2.12. The molecule has 1 aromatic carbocycles. The molecule has 2 rings (SSSR count). The van der Waals surface area contributed by atoms with Crippen LogP contribution in [-0.4, -0.2) is 22.7 Å². The second-order valence-corrected chi connectivity index (χ2v) is 4.68. The van der Waals surface area contributed by atoms with Crippen molar-refractivity contribution in [2.24, 2.45) is 0 Å². The Morgan fingerprint density at radius 1 is 0.955 bits per heavy atom. The molecule has 0 spiro atoms. The molecule has 0 unspecified atom stereocenters. The van der Waals surface area contributed by atoms with Crippen LogP contribution in [0.4, 0.5) is 0 Å². The third-order valence-electron chi connectivity index (χ3n) is 2.90. The van der Waals surface area contributed by atoms with E-state index in [1.165, 1.54) is 32.0 Å². The molecular weight excluding hydrogens is 286 g/mol. The Kier molecular flexibility index (Phi) is 4.41. The Labute approximate surface area is 127 Å². The molecule has 114 valence electrons. The lowest BCUT2D eigenvalue weighted by Crippen LogP contribution is -2.13. The number of nitrogens with one attached hydrogen (secondary N) is 1. The third kappa shape index (κ3) is 3.22. The summed E-state index contributed by atoms with van der Waals surface area (Å²) >= 11 is 0. The van der Waals surface area contributed by atoms with Gasteiger partial charge in [0.15, 0.2) is 0 Å². The number of aromatic nitrogens is 1. The van der Waals surface area contributed by atoms with E-state index in [1.54, 1.807) is 19.2 Å². The molecule has 0 amide bonds. The smallest absolute Gasteiger partial charge is 0.308 e. The molecular formula is C16H15NO5. The van der Waals surface area contributed by atoms with Crippen LogP contribution in [0.15, 0.2) is 30.5 Å². The summed E-state index contributed by atoms with van der Waals surface area (Å²) in [4.78, 5) is 38.0. The summed E-state index contributed by atoms with van der Waals surface area (Å²) in [5.74, 6) is -1.47. The molecule has 6 heteroatoms. The summed E-state index contributed by atoms with van der Waals surface area (Å²) in [6.45, 7) is 4.23. The number of benzene rings is 1. The lowest BCUT2D eigenvalue weighted by molar-refractivity contribution is -0.132. The van der Waals surface area contributed by atoms with Crippen molar-refractivity contribution in [2.75, 3.05) is 0 Å². The van der Waals surface area contributed by atoms with Crippen LogP contribution in [0.3, 0.4) is 0 Å². The second kappa shape index (κ2) is 6.26. The summed E-state index contributed by atoms with van der Waals surface area (Å²) in [7, 11) is 0. The molecule has 1 heterocycles. The summed E-state index contributed by atoms with van der Waals surface area (Å²) < 4.78 is 10.1. The van der Waals surface area contributed by atoms with E-state index in [4.69, 9.17) is 9.47 Å². The van der Waals surface area contributed by atoms with Crippen LogP contribution in [-0.2, 0) is 9.59 Å². The largest absolute Gasteiger partial charge is 0.426 e. The first kappa shape index (κ1) is 15.5. The molecule has 2 aromatic rings. The number of aryl methyl sites for hydroxylation is 1. The van der Waals surface area contributed by atoms with E-state index in [1.807, 2.05) is 0 Å². The fraction of sp³-hybridized carbons (Fsp3) is 0.188. The predicted molar refractivity (Wildman–Crippen MR) is 78.0 cm³/mol. The molecule has 0 aliphatic heterocycles. The van der Waals surface area contributed by atoms with E-state index in [-0.39, 0.29) is 17.1 Å². The molecule has 0 saturated heterocycles. The average Bonchev–Trinajstić information content (AvgIpc) is 2.83.